The molecule has 1 unspecified atom stereocenters. The molecule has 0 bridgehead atoms. The van der Waals surface area contributed by atoms with E-state index in [-0.39, 0.29) is 6.04 Å². The zero-order valence-corrected chi connectivity index (χ0v) is 16.9. The predicted octanol–water partition coefficient (Wildman–Crippen LogP) is 5.87. The predicted molar refractivity (Wildman–Crippen MR) is 111 cm³/mol. The second-order valence-electron chi connectivity index (χ2n) is 7.20. The van der Waals surface area contributed by atoms with Gasteiger partial charge in [-0.25, -0.2) is 0 Å². The van der Waals surface area contributed by atoms with Crippen LogP contribution in [-0.2, 0) is 4.79 Å². The molecule has 0 saturated heterocycles. The molecule has 2 rings (SSSR count). The van der Waals surface area contributed by atoms with Crippen molar-refractivity contribution < 1.29 is 4.79 Å². The van der Waals surface area contributed by atoms with E-state index >= 15 is 0 Å². The standard InChI is InChI=1S/C21H32ClN3O/c1-16(26)12-9-7-5-3-4-6-8-10-15-23-21-24-17(2)20-18(22)13-11-14-19(20)25-21/h11,13-14,17H,3-10,12,15H2,1-2H3,(H2,23,24,25). The van der Waals surface area contributed by atoms with Gasteiger partial charge in [-0.15, -0.1) is 0 Å². The number of hydrogen-bond donors (Lipinski definition) is 2. The number of halogens is 1. The fourth-order valence-electron chi connectivity index (χ4n) is 3.35. The number of unbranched alkanes of at least 4 members (excludes halogenated alkanes) is 7. The first kappa shape index (κ1) is 20.8. The lowest BCUT2D eigenvalue weighted by molar-refractivity contribution is -0.117. The minimum atomic E-state index is 0.168. The fourth-order valence-corrected chi connectivity index (χ4v) is 3.69. The van der Waals surface area contributed by atoms with Crippen molar-refractivity contribution in [2.45, 2.75) is 77.7 Å². The molecule has 1 atom stereocenters. The first-order chi connectivity index (χ1) is 12.6. The summed E-state index contributed by atoms with van der Waals surface area (Å²) in [5.41, 5.74) is 2.16. The first-order valence-electron chi connectivity index (χ1n) is 9.94. The molecule has 1 aromatic carbocycles. The van der Waals surface area contributed by atoms with Crippen molar-refractivity contribution in [3.05, 3.63) is 28.8 Å². The third-order valence-corrected chi connectivity index (χ3v) is 5.13. The number of benzene rings is 1. The molecule has 1 aromatic rings. The van der Waals surface area contributed by atoms with E-state index in [1.165, 1.54) is 38.5 Å². The highest BCUT2D eigenvalue weighted by Crippen LogP contribution is 2.32. The normalized spacial score (nSPS) is 17.5. The van der Waals surface area contributed by atoms with Gasteiger partial charge in [-0.05, 0) is 38.8 Å². The Labute approximate surface area is 162 Å². The number of aliphatic imine (C=N–C) groups is 1. The first-order valence-corrected chi connectivity index (χ1v) is 10.3. The average Bonchev–Trinajstić information content (AvgIpc) is 2.59. The number of nitrogens with one attached hydrogen (secondary N) is 2. The van der Waals surface area contributed by atoms with E-state index in [0.717, 1.165) is 48.0 Å². The highest BCUT2D eigenvalue weighted by Gasteiger charge is 2.21. The highest BCUT2D eigenvalue weighted by molar-refractivity contribution is 6.32. The van der Waals surface area contributed by atoms with E-state index in [4.69, 9.17) is 11.6 Å². The third-order valence-electron chi connectivity index (χ3n) is 4.80. The van der Waals surface area contributed by atoms with Crippen LogP contribution in [-0.4, -0.2) is 18.3 Å². The van der Waals surface area contributed by atoms with Crippen molar-refractivity contribution in [2.75, 3.05) is 11.9 Å². The van der Waals surface area contributed by atoms with Gasteiger partial charge in [-0.2, -0.15) is 0 Å². The van der Waals surface area contributed by atoms with Gasteiger partial charge in [0.25, 0.3) is 0 Å². The van der Waals surface area contributed by atoms with Crippen LogP contribution in [0, 0.1) is 0 Å². The second kappa shape index (κ2) is 11.2. The van der Waals surface area contributed by atoms with Crippen LogP contribution in [0.2, 0.25) is 5.02 Å². The Bertz CT molecular complexity index is 615. The summed E-state index contributed by atoms with van der Waals surface area (Å²) in [6, 6.07) is 6.10. The Hall–Kier alpha value is -1.55. The molecular formula is C21H32ClN3O. The van der Waals surface area contributed by atoms with E-state index in [1.807, 2.05) is 18.2 Å². The van der Waals surface area contributed by atoms with Gasteiger partial charge in [0.05, 0.1) is 6.04 Å². The van der Waals surface area contributed by atoms with Crippen LogP contribution >= 0.6 is 11.6 Å². The van der Waals surface area contributed by atoms with Crippen molar-refractivity contribution >= 4 is 29.0 Å². The van der Waals surface area contributed by atoms with Crippen LogP contribution in [0.15, 0.2) is 23.2 Å². The minimum Gasteiger partial charge on any atom is -0.349 e. The lowest BCUT2D eigenvalue weighted by Crippen LogP contribution is -2.38. The minimum absolute atomic E-state index is 0.168. The molecule has 0 amide bonds. The number of rotatable bonds is 11. The molecule has 144 valence electrons. The molecule has 5 heteroatoms. The number of nitrogens with zero attached hydrogens (tertiary/aromatic N) is 1. The Balaban J connectivity index is 1.56. The van der Waals surface area contributed by atoms with E-state index in [1.54, 1.807) is 6.92 Å². The van der Waals surface area contributed by atoms with Gasteiger partial charge in [0, 0.05) is 29.2 Å². The molecule has 0 aromatic heterocycles. The summed E-state index contributed by atoms with van der Waals surface area (Å²) >= 11 is 6.28. The summed E-state index contributed by atoms with van der Waals surface area (Å²) in [5.74, 6) is 1.16. The maximum absolute atomic E-state index is 10.9. The number of carbonyl (C=O) groups is 1. The summed E-state index contributed by atoms with van der Waals surface area (Å²) in [6.07, 6.45) is 10.4. The van der Waals surface area contributed by atoms with Crippen LogP contribution in [0.4, 0.5) is 5.69 Å². The number of ketones is 1. The number of hydrogen-bond acceptors (Lipinski definition) is 2. The van der Waals surface area contributed by atoms with Gasteiger partial charge in [-0.3, -0.25) is 4.99 Å². The topological polar surface area (TPSA) is 53.5 Å². The van der Waals surface area contributed by atoms with E-state index in [0.29, 0.717) is 5.78 Å². The smallest absolute Gasteiger partial charge is 0.196 e. The SMILES string of the molecule is CC(=O)CCCCCCCCCCN=C1Nc2cccc(Cl)c2C(C)N1. The molecule has 0 fully saturated rings. The highest BCUT2D eigenvalue weighted by atomic mass is 35.5. The zero-order valence-electron chi connectivity index (χ0n) is 16.1. The molecule has 26 heavy (non-hydrogen) atoms. The molecule has 0 aliphatic carbocycles. The maximum Gasteiger partial charge on any atom is 0.196 e. The second-order valence-corrected chi connectivity index (χ2v) is 7.61. The van der Waals surface area contributed by atoms with E-state index in [2.05, 4.69) is 22.5 Å². The lowest BCUT2D eigenvalue weighted by atomic mass is 10.0. The van der Waals surface area contributed by atoms with E-state index in [9.17, 15) is 4.79 Å². The van der Waals surface area contributed by atoms with E-state index < -0.39 is 0 Å². The van der Waals surface area contributed by atoms with Crippen molar-refractivity contribution in [3.8, 4) is 0 Å². The molecule has 0 spiro atoms. The van der Waals surface area contributed by atoms with Crippen LogP contribution in [0.3, 0.4) is 0 Å². The van der Waals surface area contributed by atoms with Crippen molar-refractivity contribution in [3.63, 3.8) is 0 Å². The quantitative estimate of drug-likeness (QED) is 0.474. The van der Waals surface area contributed by atoms with Crippen molar-refractivity contribution in [1.82, 2.24) is 5.32 Å². The number of carbonyl (C=O) groups excluding carboxylic acids is 1. The largest absolute Gasteiger partial charge is 0.349 e. The molecule has 1 heterocycles. The Morgan fingerprint density at radius 3 is 2.42 bits per heavy atom. The van der Waals surface area contributed by atoms with Gasteiger partial charge in [0.15, 0.2) is 5.96 Å². The van der Waals surface area contributed by atoms with Crippen LogP contribution in [0.1, 0.15) is 83.2 Å². The third kappa shape index (κ3) is 6.99. The molecule has 2 N–H and O–H groups in total. The summed E-state index contributed by atoms with van der Waals surface area (Å²) < 4.78 is 0. The van der Waals surface area contributed by atoms with Crippen LogP contribution in [0.25, 0.3) is 0 Å². The molecule has 0 radical (unpaired) electrons. The van der Waals surface area contributed by atoms with Gasteiger partial charge in [-0.1, -0.05) is 56.2 Å². The maximum atomic E-state index is 10.9. The summed E-state index contributed by atoms with van der Waals surface area (Å²) in [7, 11) is 0. The van der Waals surface area contributed by atoms with Crippen LogP contribution in [0.5, 0.6) is 0 Å². The number of guanidine groups is 1. The number of fused-ring (bicyclic) bond motifs is 1. The molecule has 1 aliphatic heterocycles. The van der Waals surface area contributed by atoms with Gasteiger partial charge in [0.2, 0.25) is 0 Å². The van der Waals surface area contributed by atoms with Crippen molar-refractivity contribution in [2.24, 2.45) is 4.99 Å². The molecular weight excluding hydrogens is 346 g/mol. The van der Waals surface area contributed by atoms with Gasteiger partial charge in [0.1, 0.15) is 5.78 Å². The zero-order chi connectivity index (χ0) is 18.8. The average molecular weight is 378 g/mol. The van der Waals surface area contributed by atoms with Crippen LogP contribution < -0.4 is 10.6 Å². The Kier molecular flexibility index (Phi) is 8.96. The monoisotopic (exact) mass is 377 g/mol. The molecule has 1 aliphatic rings. The summed E-state index contributed by atoms with van der Waals surface area (Å²) in [6.45, 7) is 4.63. The lowest BCUT2D eigenvalue weighted by Gasteiger charge is -2.28. The number of anilines is 1. The van der Waals surface area contributed by atoms with Gasteiger partial charge >= 0.3 is 0 Å². The van der Waals surface area contributed by atoms with Gasteiger partial charge < -0.3 is 15.4 Å². The fraction of sp³-hybridized carbons (Fsp3) is 0.619. The molecule has 4 nitrogen and oxygen atoms in total. The molecule has 0 saturated carbocycles. The Morgan fingerprint density at radius 2 is 1.73 bits per heavy atom. The Morgan fingerprint density at radius 1 is 1.08 bits per heavy atom. The summed E-state index contributed by atoms with van der Waals surface area (Å²) in [4.78, 5) is 15.5. The number of Topliss-reactive ketones (excluding diaryl/α,β-unsaturated/α-hetero) is 1. The van der Waals surface area contributed by atoms with Crippen molar-refractivity contribution in [1.29, 1.82) is 0 Å². The summed E-state index contributed by atoms with van der Waals surface area (Å²) in [5, 5.41) is 7.51.